The van der Waals surface area contributed by atoms with Crippen molar-refractivity contribution in [2.45, 2.75) is 6.92 Å². The lowest BCUT2D eigenvalue weighted by Crippen LogP contribution is -2.16. The fourth-order valence-corrected chi connectivity index (χ4v) is 3.31. The summed E-state index contributed by atoms with van der Waals surface area (Å²) in [7, 11) is 3.75. The van der Waals surface area contributed by atoms with E-state index in [4.69, 9.17) is 4.74 Å². The van der Waals surface area contributed by atoms with Crippen LogP contribution in [0, 0.1) is 6.92 Å². The Labute approximate surface area is 151 Å². The Morgan fingerprint density at radius 1 is 0.808 bits per heavy atom. The molecule has 0 aliphatic carbocycles. The van der Waals surface area contributed by atoms with Crippen LogP contribution in [0.5, 0.6) is 11.5 Å². The number of pyridine rings is 1. The standard InChI is InChI=1S/C22H20N2O2/c1-15-21-19(14-23(15)2)18(13-24(3)22(21)25)17-11-7-8-12-20(17)26-16-9-5-4-6-10-16/h4-14H,1-3H3. The SMILES string of the molecule is Cc1c2c(=O)n(C)cc(-c3ccccc3Oc3ccccc3)c2cn1C. The van der Waals surface area contributed by atoms with Crippen LogP contribution in [0.4, 0.5) is 0 Å². The molecule has 0 aliphatic heterocycles. The van der Waals surface area contributed by atoms with E-state index in [1.54, 1.807) is 11.6 Å². The van der Waals surface area contributed by atoms with Gasteiger partial charge < -0.3 is 13.9 Å². The summed E-state index contributed by atoms with van der Waals surface area (Å²) < 4.78 is 9.76. The molecular formula is C22H20N2O2. The number of nitrogens with zero attached hydrogens (tertiary/aromatic N) is 2. The molecule has 4 aromatic rings. The van der Waals surface area contributed by atoms with E-state index < -0.39 is 0 Å². The first-order chi connectivity index (χ1) is 12.6. The number of benzene rings is 2. The molecule has 2 heterocycles. The zero-order valence-electron chi connectivity index (χ0n) is 15.1. The predicted octanol–water partition coefficient (Wildman–Crippen LogP) is 4.64. The van der Waals surface area contributed by atoms with E-state index in [0.29, 0.717) is 0 Å². The van der Waals surface area contributed by atoms with Crippen molar-refractivity contribution in [2.24, 2.45) is 14.1 Å². The van der Waals surface area contributed by atoms with E-state index in [1.807, 2.05) is 85.5 Å². The minimum atomic E-state index is 0.0170. The molecule has 0 amide bonds. The van der Waals surface area contributed by atoms with Crippen LogP contribution in [0.2, 0.25) is 0 Å². The molecule has 0 atom stereocenters. The van der Waals surface area contributed by atoms with Crippen molar-refractivity contribution < 1.29 is 4.74 Å². The van der Waals surface area contributed by atoms with E-state index in [9.17, 15) is 4.79 Å². The van der Waals surface area contributed by atoms with Crippen molar-refractivity contribution in [3.8, 4) is 22.6 Å². The van der Waals surface area contributed by atoms with Gasteiger partial charge in [-0.3, -0.25) is 4.79 Å². The van der Waals surface area contributed by atoms with Gasteiger partial charge in [-0.05, 0) is 25.1 Å². The van der Waals surface area contributed by atoms with Gasteiger partial charge in [-0.1, -0.05) is 36.4 Å². The fraction of sp³-hybridized carbons (Fsp3) is 0.136. The summed E-state index contributed by atoms with van der Waals surface area (Å²) in [5.74, 6) is 1.55. The number of aromatic nitrogens is 2. The van der Waals surface area contributed by atoms with Crippen LogP contribution in [0.15, 0.2) is 71.8 Å². The number of hydrogen-bond acceptors (Lipinski definition) is 2. The number of ether oxygens (including phenoxy) is 1. The molecule has 26 heavy (non-hydrogen) atoms. The Hall–Kier alpha value is -3.27. The first-order valence-corrected chi connectivity index (χ1v) is 8.54. The molecule has 0 saturated heterocycles. The lowest BCUT2D eigenvalue weighted by molar-refractivity contribution is 0.484. The monoisotopic (exact) mass is 344 g/mol. The average Bonchev–Trinajstić information content (AvgIpc) is 2.95. The second kappa shape index (κ2) is 6.23. The van der Waals surface area contributed by atoms with Crippen molar-refractivity contribution in [1.29, 1.82) is 0 Å². The summed E-state index contributed by atoms with van der Waals surface area (Å²) in [6.45, 7) is 1.97. The zero-order valence-corrected chi connectivity index (χ0v) is 15.1. The smallest absolute Gasteiger partial charge is 0.260 e. The van der Waals surface area contributed by atoms with E-state index >= 15 is 0 Å². The molecule has 0 saturated carbocycles. The molecule has 0 aliphatic rings. The Bertz CT molecular complexity index is 1150. The van der Waals surface area contributed by atoms with E-state index in [-0.39, 0.29) is 5.56 Å². The fourth-order valence-electron chi connectivity index (χ4n) is 3.31. The Morgan fingerprint density at radius 2 is 1.50 bits per heavy atom. The molecule has 0 N–H and O–H groups in total. The van der Waals surface area contributed by atoms with Crippen LogP contribution in [0.25, 0.3) is 21.9 Å². The molecule has 0 bridgehead atoms. The Kier molecular flexibility index (Phi) is 3.88. The molecule has 130 valence electrons. The average molecular weight is 344 g/mol. The maximum atomic E-state index is 12.6. The zero-order chi connectivity index (χ0) is 18.3. The molecular weight excluding hydrogens is 324 g/mol. The van der Waals surface area contributed by atoms with Crippen molar-refractivity contribution in [3.05, 3.63) is 83.0 Å². The largest absolute Gasteiger partial charge is 0.457 e. The maximum absolute atomic E-state index is 12.6. The van der Waals surface area contributed by atoms with Crippen molar-refractivity contribution in [2.75, 3.05) is 0 Å². The van der Waals surface area contributed by atoms with Gasteiger partial charge in [-0.25, -0.2) is 0 Å². The van der Waals surface area contributed by atoms with Crippen LogP contribution >= 0.6 is 0 Å². The third kappa shape index (κ3) is 2.60. The molecule has 2 aromatic carbocycles. The quantitative estimate of drug-likeness (QED) is 0.542. The van der Waals surface area contributed by atoms with Gasteiger partial charge >= 0.3 is 0 Å². The van der Waals surface area contributed by atoms with Gasteiger partial charge in [0.15, 0.2) is 0 Å². The van der Waals surface area contributed by atoms with E-state index in [0.717, 1.165) is 39.1 Å². The lowest BCUT2D eigenvalue weighted by Gasteiger charge is -2.13. The normalized spacial score (nSPS) is 11.0. The van der Waals surface area contributed by atoms with E-state index in [1.165, 1.54) is 0 Å². The highest BCUT2D eigenvalue weighted by atomic mass is 16.5. The summed E-state index contributed by atoms with van der Waals surface area (Å²) in [5.41, 5.74) is 2.92. The van der Waals surface area contributed by atoms with Crippen LogP contribution < -0.4 is 10.3 Å². The van der Waals surface area contributed by atoms with Gasteiger partial charge in [0.2, 0.25) is 0 Å². The van der Waals surface area contributed by atoms with Crippen LogP contribution in [0.3, 0.4) is 0 Å². The highest BCUT2D eigenvalue weighted by Crippen LogP contribution is 2.37. The third-order valence-corrected chi connectivity index (χ3v) is 4.78. The summed E-state index contributed by atoms with van der Waals surface area (Å²) in [4.78, 5) is 12.6. The lowest BCUT2D eigenvalue weighted by atomic mass is 10.0. The number of hydrogen-bond donors (Lipinski definition) is 0. The van der Waals surface area contributed by atoms with Gasteiger partial charge in [0.25, 0.3) is 5.56 Å². The number of fused-ring (bicyclic) bond motifs is 1. The summed E-state index contributed by atoms with van der Waals surface area (Å²) >= 11 is 0. The highest BCUT2D eigenvalue weighted by Gasteiger charge is 2.17. The molecule has 4 heteroatoms. The summed E-state index contributed by atoms with van der Waals surface area (Å²) in [5, 5.41) is 1.69. The van der Waals surface area contributed by atoms with Gasteiger partial charge in [0.1, 0.15) is 11.5 Å². The van der Waals surface area contributed by atoms with Crippen molar-refractivity contribution in [1.82, 2.24) is 9.13 Å². The molecule has 0 spiro atoms. The van der Waals surface area contributed by atoms with Crippen molar-refractivity contribution in [3.63, 3.8) is 0 Å². The van der Waals surface area contributed by atoms with E-state index in [2.05, 4.69) is 0 Å². The Morgan fingerprint density at radius 3 is 2.27 bits per heavy atom. The van der Waals surface area contributed by atoms with Gasteiger partial charge in [0, 0.05) is 48.7 Å². The van der Waals surface area contributed by atoms with Crippen LogP contribution in [0.1, 0.15) is 5.69 Å². The summed E-state index contributed by atoms with van der Waals surface area (Å²) in [6.07, 6.45) is 3.90. The van der Waals surface area contributed by atoms with Gasteiger partial charge in [-0.2, -0.15) is 0 Å². The number of para-hydroxylation sites is 2. The molecule has 4 nitrogen and oxygen atoms in total. The Balaban J connectivity index is 1.96. The molecule has 0 unspecified atom stereocenters. The number of aryl methyl sites for hydroxylation is 3. The van der Waals surface area contributed by atoms with Gasteiger partial charge in [0.05, 0.1) is 5.39 Å². The molecule has 0 fully saturated rings. The van der Waals surface area contributed by atoms with Crippen LogP contribution in [-0.2, 0) is 14.1 Å². The summed E-state index contributed by atoms with van der Waals surface area (Å²) in [6, 6.07) is 17.6. The van der Waals surface area contributed by atoms with Gasteiger partial charge in [-0.15, -0.1) is 0 Å². The minimum Gasteiger partial charge on any atom is -0.457 e. The van der Waals surface area contributed by atoms with Crippen LogP contribution in [-0.4, -0.2) is 9.13 Å². The molecule has 0 radical (unpaired) electrons. The third-order valence-electron chi connectivity index (χ3n) is 4.78. The second-order valence-electron chi connectivity index (χ2n) is 6.48. The first kappa shape index (κ1) is 16.2. The highest BCUT2D eigenvalue weighted by molar-refractivity contribution is 5.98. The minimum absolute atomic E-state index is 0.0170. The maximum Gasteiger partial charge on any atom is 0.260 e. The topological polar surface area (TPSA) is 36.2 Å². The molecule has 4 rings (SSSR count). The number of rotatable bonds is 3. The first-order valence-electron chi connectivity index (χ1n) is 8.54. The van der Waals surface area contributed by atoms with Crippen molar-refractivity contribution >= 4 is 10.8 Å². The molecule has 2 aromatic heterocycles. The second-order valence-corrected chi connectivity index (χ2v) is 6.48. The predicted molar refractivity (Wildman–Crippen MR) is 105 cm³/mol.